The average Bonchev–Trinajstić information content (AvgIpc) is 2.59. The monoisotopic (exact) mass is 400 g/mol. The van der Waals surface area contributed by atoms with Crippen molar-refractivity contribution in [2.24, 2.45) is 0 Å². The van der Waals surface area contributed by atoms with Gasteiger partial charge in [0.1, 0.15) is 11.6 Å². The van der Waals surface area contributed by atoms with Gasteiger partial charge in [-0.25, -0.2) is 9.37 Å². The fourth-order valence-corrected chi connectivity index (χ4v) is 2.53. The molecule has 0 aliphatic rings. The van der Waals surface area contributed by atoms with Gasteiger partial charge in [-0.05, 0) is 48.9 Å². The Bertz CT molecular complexity index is 914. The molecule has 6 heteroatoms. The van der Waals surface area contributed by atoms with E-state index in [2.05, 4.69) is 26.2 Å². The Morgan fingerprint density at radius 2 is 2.00 bits per heavy atom. The molecule has 0 fully saturated rings. The van der Waals surface area contributed by atoms with Crippen molar-refractivity contribution in [3.8, 4) is 11.6 Å². The first-order valence-electron chi connectivity index (χ1n) is 7.48. The van der Waals surface area contributed by atoms with Gasteiger partial charge >= 0.3 is 0 Å². The van der Waals surface area contributed by atoms with Gasteiger partial charge in [0.15, 0.2) is 0 Å². The summed E-state index contributed by atoms with van der Waals surface area (Å²) in [5.41, 5.74) is 1.30. The topological polar surface area (TPSA) is 51.2 Å². The van der Waals surface area contributed by atoms with Crippen molar-refractivity contribution in [2.45, 2.75) is 6.92 Å². The Hall–Kier alpha value is -2.73. The molecule has 0 saturated carbocycles. The first-order valence-corrected chi connectivity index (χ1v) is 8.27. The molecule has 25 heavy (non-hydrogen) atoms. The summed E-state index contributed by atoms with van der Waals surface area (Å²) in [5, 5.41) is 2.54. The molecule has 0 atom stereocenters. The highest BCUT2D eigenvalue weighted by Crippen LogP contribution is 2.23. The van der Waals surface area contributed by atoms with E-state index in [-0.39, 0.29) is 5.69 Å². The number of aryl methyl sites for hydroxylation is 1. The van der Waals surface area contributed by atoms with Crippen LogP contribution in [0.25, 0.3) is 0 Å². The molecule has 2 aromatic carbocycles. The molecular weight excluding hydrogens is 387 g/mol. The molecule has 1 aromatic heterocycles. The van der Waals surface area contributed by atoms with Crippen LogP contribution in [0.4, 0.5) is 10.1 Å². The number of nitrogens with zero attached hydrogens (tertiary/aromatic N) is 1. The molecular formula is C19H14BrFN2O2. The quantitative estimate of drug-likeness (QED) is 0.643. The van der Waals surface area contributed by atoms with E-state index < -0.39 is 11.7 Å². The summed E-state index contributed by atoms with van der Waals surface area (Å²) in [7, 11) is 0. The van der Waals surface area contributed by atoms with Gasteiger partial charge in [0, 0.05) is 16.7 Å². The van der Waals surface area contributed by atoms with Gasteiger partial charge in [-0.15, -0.1) is 0 Å². The van der Waals surface area contributed by atoms with Crippen LogP contribution in [0.1, 0.15) is 15.9 Å². The number of ether oxygens (including phenoxy) is 1. The first kappa shape index (κ1) is 17.1. The summed E-state index contributed by atoms with van der Waals surface area (Å²) < 4.78 is 20.2. The van der Waals surface area contributed by atoms with Gasteiger partial charge in [0.2, 0.25) is 5.88 Å². The highest BCUT2D eigenvalue weighted by atomic mass is 79.9. The van der Waals surface area contributed by atoms with Crippen LogP contribution < -0.4 is 10.1 Å². The van der Waals surface area contributed by atoms with Crippen molar-refractivity contribution in [2.75, 3.05) is 5.32 Å². The second-order valence-corrected chi connectivity index (χ2v) is 6.30. The lowest BCUT2D eigenvalue weighted by Crippen LogP contribution is -2.13. The molecule has 0 radical (unpaired) electrons. The summed E-state index contributed by atoms with van der Waals surface area (Å²) in [6.45, 7) is 1.82. The second kappa shape index (κ2) is 7.44. The minimum absolute atomic E-state index is 0.138. The SMILES string of the molecule is Cc1ccc(F)c(NC(=O)c2ccc(Oc3cccc(Br)c3)nc2)c1. The lowest BCUT2D eigenvalue weighted by atomic mass is 10.2. The van der Waals surface area contributed by atoms with Crippen molar-refractivity contribution >= 4 is 27.5 Å². The molecule has 0 unspecified atom stereocenters. The standard InChI is InChI=1S/C19H14BrFN2O2/c1-12-5-7-16(21)17(9-12)23-19(24)13-6-8-18(22-11-13)25-15-4-2-3-14(20)10-15/h2-11H,1H3,(H,23,24). The Morgan fingerprint density at radius 3 is 2.72 bits per heavy atom. The van der Waals surface area contributed by atoms with Crippen molar-refractivity contribution in [1.29, 1.82) is 0 Å². The van der Waals surface area contributed by atoms with E-state index in [1.54, 1.807) is 30.3 Å². The average molecular weight is 401 g/mol. The van der Waals surface area contributed by atoms with Gasteiger partial charge in [-0.3, -0.25) is 4.79 Å². The summed E-state index contributed by atoms with van der Waals surface area (Å²) in [4.78, 5) is 16.3. The van der Waals surface area contributed by atoms with Crippen molar-refractivity contribution in [3.63, 3.8) is 0 Å². The molecule has 3 rings (SSSR count). The van der Waals surface area contributed by atoms with E-state index in [1.165, 1.54) is 12.3 Å². The highest BCUT2D eigenvalue weighted by molar-refractivity contribution is 9.10. The van der Waals surface area contributed by atoms with Crippen LogP contribution in [-0.4, -0.2) is 10.9 Å². The van der Waals surface area contributed by atoms with E-state index in [4.69, 9.17) is 4.74 Å². The van der Waals surface area contributed by atoms with E-state index in [1.807, 2.05) is 25.1 Å². The van der Waals surface area contributed by atoms with Crippen LogP contribution in [0, 0.1) is 12.7 Å². The number of benzene rings is 2. The lowest BCUT2D eigenvalue weighted by Gasteiger charge is -2.08. The Labute approximate surface area is 152 Å². The molecule has 1 N–H and O–H groups in total. The molecule has 4 nitrogen and oxygen atoms in total. The molecule has 3 aromatic rings. The number of carbonyl (C=O) groups is 1. The summed E-state index contributed by atoms with van der Waals surface area (Å²) in [5.74, 6) is 0.0600. The van der Waals surface area contributed by atoms with Crippen LogP contribution in [0.2, 0.25) is 0 Å². The van der Waals surface area contributed by atoms with E-state index in [0.717, 1.165) is 10.0 Å². The zero-order valence-electron chi connectivity index (χ0n) is 13.3. The van der Waals surface area contributed by atoms with E-state index in [0.29, 0.717) is 17.2 Å². The summed E-state index contributed by atoms with van der Waals surface area (Å²) in [6, 6.07) is 15.0. The maximum Gasteiger partial charge on any atom is 0.257 e. The number of aromatic nitrogens is 1. The third kappa shape index (κ3) is 4.42. The fourth-order valence-electron chi connectivity index (χ4n) is 2.16. The number of hydrogen-bond donors (Lipinski definition) is 1. The summed E-state index contributed by atoms with van der Waals surface area (Å²) in [6.07, 6.45) is 1.39. The minimum Gasteiger partial charge on any atom is -0.439 e. The van der Waals surface area contributed by atoms with E-state index >= 15 is 0 Å². The van der Waals surface area contributed by atoms with Crippen molar-refractivity contribution in [3.05, 3.63) is 82.2 Å². The number of rotatable bonds is 4. The van der Waals surface area contributed by atoms with Crippen LogP contribution >= 0.6 is 15.9 Å². The molecule has 126 valence electrons. The largest absolute Gasteiger partial charge is 0.439 e. The number of halogens is 2. The first-order chi connectivity index (χ1) is 12.0. The third-order valence-electron chi connectivity index (χ3n) is 3.39. The zero-order chi connectivity index (χ0) is 17.8. The molecule has 1 heterocycles. The number of anilines is 1. The van der Waals surface area contributed by atoms with Crippen LogP contribution in [0.15, 0.2) is 65.3 Å². The van der Waals surface area contributed by atoms with Crippen LogP contribution in [0.5, 0.6) is 11.6 Å². The zero-order valence-corrected chi connectivity index (χ0v) is 14.9. The number of amides is 1. The molecule has 0 spiro atoms. The van der Waals surface area contributed by atoms with Gasteiger partial charge in [0.05, 0.1) is 11.3 Å². The smallest absolute Gasteiger partial charge is 0.257 e. The minimum atomic E-state index is -0.485. The van der Waals surface area contributed by atoms with Crippen LogP contribution in [-0.2, 0) is 0 Å². The van der Waals surface area contributed by atoms with Gasteiger partial charge in [0.25, 0.3) is 5.91 Å². The van der Waals surface area contributed by atoms with Crippen LogP contribution in [0.3, 0.4) is 0 Å². The Kier molecular flexibility index (Phi) is 5.09. The number of nitrogens with one attached hydrogen (secondary N) is 1. The van der Waals surface area contributed by atoms with Crippen molar-refractivity contribution < 1.29 is 13.9 Å². The summed E-state index contributed by atoms with van der Waals surface area (Å²) >= 11 is 3.36. The number of hydrogen-bond acceptors (Lipinski definition) is 3. The van der Waals surface area contributed by atoms with E-state index in [9.17, 15) is 9.18 Å². The molecule has 1 amide bonds. The fraction of sp³-hybridized carbons (Fsp3) is 0.0526. The maximum atomic E-state index is 13.7. The Balaban J connectivity index is 1.71. The normalized spacial score (nSPS) is 10.4. The predicted molar refractivity (Wildman–Crippen MR) is 97.5 cm³/mol. The molecule has 0 aliphatic carbocycles. The third-order valence-corrected chi connectivity index (χ3v) is 3.88. The highest BCUT2D eigenvalue weighted by Gasteiger charge is 2.10. The maximum absolute atomic E-state index is 13.7. The molecule has 0 saturated heterocycles. The van der Waals surface area contributed by atoms with Gasteiger partial charge in [-0.1, -0.05) is 28.1 Å². The second-order valence-electron chi connectivity index (χ2n) is 5.38. The number of carbonyl (C=O) groups excluding carboxylic acids is 1. The number of pyridine rings is 1. The van der Waals surface area contributed by atoms with Gasteiger partial charge < -0.3 is 10.1 Å². The lowest BCUT2D eigenvalue weighted by molar-refractivity contribution is 0.102. The Morgan fingerprint density at radius 1 is 1.16 bits per heavy atom. The van der Waals surface area contributed by atoms with Crippen molar-refractivity contribution in [1.82, 2.24) is 4.98 Å². The molecule has 0 aliphatic heterocycles. The molecule has 0 bridgehead atoms. The predicted octanol–water partition coefficient (Wildman–Crippen LogP) is 5.34. The van der Waals surface area contributed by atoms with Gasteiger partial charge in [-0.2, -0.15) is 0 Å².